The monoisotopic (exact) mass is 134 g/mol. The van der Waals surface area contributed by atoms with Crippen LogP contribution >= 0.6 is 0 Å². The molecule has 0 atom stereocenters. The van der Waals surface area contributed by atoms with Gasteiger partial charge in [0.2, 0.25) is 0 Å². The largest absolute Gasteiger partial charge is 0.0985 e. The molecule has 1 rings (SSSR count). The van der Waals surface area contributed by atoms with Crippen LogP contribution in [0.3, 0.4) is 0 Å². The van der Waals surface area contributed by atoms with E-state index < -0.39 is 0 Å². The van der Waals surface area contributed by atoms with Gasteiger partial charge in [-0.15, -0.1) is 0 Å². The molecule has 0 bridgehead atoms. The van der Waals surface area contributed by atoms with Gasteiger partial charge < -0.3 is 0 Å². The van der Waals surface area contributed by atoms with Gasteiger partial charge in [-0.1, -0.05) is 30.8 Å². The third kappa shape index (κ3) is 3.35. The zero-order chi connectivity index (χ0) is 7.07. The van der Waals surface area contributed by atoms with Gasteiger partial charge in [-0.05, 0) is 25.3 Å². The number of hydrogen-bond donors (Lipinski definition) is 0. The standard InChI is InChI=1S/C10H14/c1-2-4-6-8-10-9-7-5-3-1/h1-2H,3,5,7-10H2/b2-1-. The van der Waals surface area contributed by atoms with Gasteiger partial charge in [0.25, 0.3) is 0 Å². The quantitative estimate of drug-likeness (QED) is 0.447. The van der Waals surface area contributed by atoms with Crippen molar-refractivity contribution in [3.8, 4) is 11.8 Å². The molecule has 0 aromatic heterocycles. The Hall–Kier alpha value is -0.700. The smallest absolute Gasteiger partial charge is 0.00922 e. The summed E-state index contributed by atoms with van der Waals surface area (Å²) in [5, 5.41) is 0. The molecule has 0 nitrogen and oxygen atoms in total. The molecule has 1 aliphatic carbocycles. The van der Waals surface area contributed by atoms with E-state index in [0.29, 0.717) is 0 Å². The molecule has 0 N–H and O–H groups in total. The van der Waals surface area contributed by atoms with Crippen molar-refractivity contribution in [3.63, 3.8) is 0 Å². The maximum absolute atomic E-state index is 3.12. The van der Waals surface area contributed by atoms with Crippen LogP contribution in [-0.2, 0) is 0 Å². The first kappa shape index (κ1) is 7.41. The summed E-state index contributed by atoms with van der Waals surface area (Å²) in [6, 6.07) is 0. The molecule has 54 valence electrons. The molecule has 0 heterocycles. The Morgan fingerprint density at radius 1 is 1.00 bits per heavy atom. The van der Waals surface area contributed by atoms with E-state index in [4.69, 9.17) is 0 Å². The molecular formula is C10H14. The first-order valence-electron chi connectivity index (χ1n) is 4.13. The van der Waals surface area contributed by atoms with Crippen LogP contribution in [0.4, 0.5) is 0 Å². The zero-order valence-electron chi connectivity index (χ0n) is 6.40. The molecule has 0 unspecified atom stereocenters. The third-order valence-electron chi connectivity index (χ3n) is 1.73. The molecule has 0 saturated carbocycles. The molecule has 0 aromatic carbocycles. The average Bonchev–Trinajstić information content (AvgIpc) is 2.01. The van der Waals surface area contributed by atoms with Crippen LogP contribution in [0.1, 0.15) is 38.5 Å². The van der Waals surface area contributed by atoms with Gasteiger partial charge in [-0.2, -0.15) is 0 Å². The molecule has 0 radical (unpaired) electrons. The fourth-order valence-electron chi connectivity index (χ4n) is 1.10. The maximum Gasteiger partial charge on any atom is 0.00922 e. The van der Waals surface area contributed by atoms with Gasteiger partial charge in [-0.3, -0.25) is 0 Å². The molecule has 0 saturated heterocycles. The second-order valence-electron chi connectivity index (χ2n) is 2.68. The van der Waals surface area contributed by atoms with E-state index in [2.05, 4.69) is 17.9 Å². The average molecular weight is 134 g/mol. The van der Waals surface area contributed by atoms with Crippen molar-refractivity contribution in [2.24, 2.45) is 0 Å². The second kappa shape index (κ2) is 5.11. The Kier molecular flexibility index (Phi) is 3.79. The molecule has 0 spiro atoms. The van der Waals surface area contributed by atoms with Crippen molar-refractivity contribution in [3.05, 3.63) is 12.2 Å². The highest BCUT2D eigenvalue weighted by Gasteiger charge is 1.87. The summed E-state index contributed by atoms with van der Waals surface area (Å²) >= 11 is 0. The number of rotatable bonds is 0. The van der Waals surface area contributed by atoms with Crippen LogP contribution < -0.4 is 0 Å². The van der Waals surface area contributed by atoms with E-state index in [9.17, 15) is 0 Å². The lowest BCUT2D eigenvalue weighted by atomic mass is 10.1. The highest BCUT2D eigenvalue weighted by Crippen LogP contribution is 2.06. The van der Waals surface area contributed by atoms with Crippen molar-refractivity contribution in [1.82, 2.24) is 0 Å². The van der Waals surface area contributed by atoms with E-state index in [-0.39, 0.29) is 0 Å². The molecule has 0 fully saturated rings. The molecule has 10 heavy (non-hydrogen) atoms. The molecule has 0 heteroatoms. The second-order valence-corrected chi connectivity index (χ2v) is 2.68. The third-order valence-corrected chi connectivity index (χ3v) is 1.73. The Balaban J connectivity index is 2.31. The van der Waals surface area contributed by atoms with Crippen LogP contribution in [0.2, 0.25) is 0 Å². The van der Waals surface area contributed by atoms with E-state index in [0.717, 1.165) is 6.42 Å². The van der Waals surface area contributed by atoms with Gasteiger partial charge in [0, 0.05) is 6.42 Å². The fourth-order valence-corrected chi connectivity index (χ4v) is 1.10. The Bertz CT molecular complexity index is 155. The fraction of sp³-hybridized carbons (Fsp3) is 0.600. The van der Waals surface area contributed by atoms with E-state index in [1.165, 1.54) is 32.1 Å². The predicted octanol–water partition coefficient (Wildman–Crippen LogP) is 2.90. The molecule has 0 aromatic rings. The number of allylic oxidation sites excluding steroid dienone is 2. The first-order valence-corrected chi connectivity index (χ1v) is 4.13. The highest BCUT2D eigenvalue weighted by molar-refractivity contribution is 5.15. The van der Waals surface area contributed by atoms with Crippen LogP contribution in [0.15, 0.2) is 12.2 Å². The Labute approximate surface area is 63.3 Å². The predicted molar refractivity (Wildman–Crippen MR) is 44.6 cm³/mol. The topological polar surface area (TPSA) is 0 Å². The molecule has 0 amide bonds. The van der Waals surface area contributed by atoms with E-state index in [1.807, 2.05) is 6.08 Å². The first-order chi connectivity index (χ1) is 5.00. The minimum absolute atomic E-state index is 1.09. The molecular weight excluding hydrogens is 120 g/mol. The minimum atomic E-state index is 1.09. The van der Waals surface area contributed by atoms with Crippen molar-refractivity contribution in [2.45, 2.75) is 38.5 Å². The molecule has 1 aliphatic rings. The van der Waals surface area contributed by atoms with E-state index >= 15 is 0 Å². The Morgan fingerprint density at radius 3 is 2.90 bits per heavy atom. The van der Waals surface area contributed by atoms with Crippen molar-refractivity contribution in [1.29, 1.82) is 0 Å². The van der Waals surface area contributed by atoms with Gasteiger partial charge in [-0.25, -0.2) is 0 Å². The summed E-state index contributed by atoms with van der Waals surface area (Å²) in [5.41, 5.74) is 0. The lowest BCUT2D eigenvalue weighted by Gasteiger charge is -1.96. The summed E-state index contributed by atoms with van der Waals surface area (Å²) in [6.45, 7) is 0. The lowest BCUT2D eigenvalue weighted by Crippen LogP contribution is -1.78. The van der Waals surface area contributed by atoms with Gasteiger partial charge in [0.1, 0.15) is 0 Å². The summed E-state index contributed by atoms with van der Waals surface area (Å²) in [5.74, 6) is 6.14. The van der Waals surface area contributed by atoms with Crippen molar-refractivity contribution >= 4 is 0 Å². The van der Waals surface area contributed by atoms with Gasteiger partial charge in [0.15, 0.2) is 0 Å². The van der Waals surface area contributed by atoms with Crippen LogP contribution in [0.5, 0.6) is 0 Å². The maximum atomic E-state index is 3.12. The van der Waals surface area contributed by atoms with Crippen LogP contribution in [0.25, 0.3) is 0 Å². The van der Waals surface area contributed by atoms with Gasteiger partial charge >= 0.3 is 0 Å². The SMILES string of the molecule is C1#CCCCCCC/C=C\1. The van der Waals surface area contributed by atoms with Crippen LogP contribution in [-0.4, -0.2) is 0 Å². The summed E-state index contributed by atoms with van der Waals surface area (Å²) < 4.78 is 0. The molecule has 0 aliphatic heterocycles. The summed E-state index contributed by atoms with van der Waals surface area (Å²) in [6.07, 6.45) is 11.9. The number of hydrogen-bond acceptors (Lipinski definition) is 0. The van der Waals surface area contributed by atoms with Gasteiger partial charge in [0.05, 0.1) is 0 Å². The lowest BCUT2D eigenvalue weighted by molar-refractivity contribution is 0.655. The normalized spacial score (nSPS) is 22.4. The van der Waals surface area contributed by atoms with E-state index in [1.54, 1.807) is 0 Å². The summed E-state index contributed by atoms with van der Waals surface area (Å²) in [7, 11) is 0. The zero-order valence-corrected chi connectivity index (χ0v) is 6.40. The Morgan fingerprint density at radius 2 is 1.90 bits per heavy atom. The highest BCUT2D eigenvalue weighted by atomic mass is 13.9. The van der Waals surface area contributed by atoms with Crippen molar-refractivity contribution < 1.29 is 0 Å². The summed E-state index contributed by atoms with van der Waals surface area (Å²) in [4.78, 5) is 0. The van der Waals surface area contributed by atoms with Crippen LogP contribution in [0, 0.1) is 11.8 Å². The minimum Gasteiger partial charge on any atom is -0.0985 e. The van der Waals surface area contributed by atoms with Crippen molar-refractivity contribution in [2.75, 3.05) is 0 Å².